The second-order valence-corrected chi connectivity index (χ2v) is 11.2. The minimum Gasteiger partial charge on any atom is -0.478 e. The molecule has 0 spiro atoms. The fourth-order valence-corrected chi connectivity index (χ4v) is 9.40. The average molecular weight is 439 g/mol. The van der Waals surface area contributed by atoms with Crippen molar-refractivity contribution in [1.29, 1.82) is 0 Å². The number of carboxylic acid groups (broad SMARTS) is 1. The molecule has 1 N–H and O–H groups in total. The minimum absolute atomic E-state index is 0.243. The van der Waals surface area contributed by atoms with E-state index in [4.69, 9.17) is 4.74 Å². The van der Waals surface area contributed by atoms with Gasteiger partial charge in [0, 0.05) is 0 Å². The maximum atomic E-state index is 13.2. The predicted octanol–water partition coefficient (Wildman–Crippen LogP) is 5.41. The van der Waals surface area contributed by atoms with Crippen molar-refractivity contribution in [2.75, 3.05) is 6.61 Å². The van der Waals surface area contributed by atoms with Crippen LogP contribution in [0.3, 0.4) is 0 Å². The van der Waals surface area contributed by atoms with Crippen LogP contribution in [0, 0.1) is 47.3 Å². The largest absolute Gasteiger partial charge is 0.478 e. The lowest BCUT2D eigenvalue weighted by Gasteiger charge is -2.70. The zero-order valence-corrected chi connectivity index (χ0v) is 19.0. The predicted molar refractivity (Wildman–Crippen MR) is 119 cm³/mol. The van der Waals surface area contributed by atoms with Crippen molar-refractivity contribution in [2.24, 2.45) is 47.3 Å². The highest BCUT2D eigenvalue weighted by atomic mass is 32.1. The number of thiophene rings is 1. The van der Waals surface area contributed by atoms with Gasteiger partial charge in [-0.15, -0.1) is 0 Å². The molecule has 7 aliphatic carbocycles. The standard InChI is InChI=1S/C26H30O4S/c1-3-30-26(29)21(12(2)14-4-5-31-11-14)24(25(27)28)22-15-9-17-16-6-13-7-19(17)23(22)20(8-13)18(16)10-15/h4-5,11,13,15-20,23H,3,6-10H2,1-2H3,(H,27,28)/b21-12+,24-22+. The molecule has 1 aromatic rings. The zero-order valence-electron chi connectivity index (χ0n) is 18.2. The normalized spacial score (nSPS) is 41.4. The molecule has 4 unspecified atom stereocenters. The van der Waals surface area contributed by atoms with E-state index in [0.29, 0.717) is 29.2 Å². The Morgan fingerprint density at radius 3 is 2.29 bits per heavy atom. The van der Waals surface area contributed by atoms with E-state index in [-0.39, 0.29) is 12.2 Å². The van der Waals surface area contributed by atoms with Gasteiger partial charge in [-0.1, -0.05) is 0 Å². The van der Waals surface area contributed by atoms with E-state index < -0.39 is 11.9 Å². The van der Waals surface area contributed by atoms with Gasteiger partial charge in [-0.25, -0.2) is 9.59 Å². The molecule has 7 aliphatic rings. The van der Waals surface area contributed by atoms with E-state index in [1.807, 2.05) is 23.8 Å². The van der Waals surface area contributed by atoms with Crippen molar-refractivity contribution < 1.29 is 19.4 Å². The van der Waals surface area contributed by atoms with Gasteiger partial charge in [0.1, 0.15) is 0 Å². The van der Waals surface area contributed by atoms with E-state index in [1.165, 1.54) is 19.3 Å². The topological polar surface area (TPSA) is 63.6 Å². The first kappa shape index (κ1) is 19.8. The highest BCUT2D eigenvalue weighted by Gasteiger charge is 2.65. The molecule has 5 heteroatoms. The van der Waals surface area contributed by atoms with Gasteiger partial charge in [0.15, 0.2) is 0 Å². The number of rotatable bonds is 5. The monoisotopic (exact) mass is 438 g/mol. The molecule has 31 heavy (non-hydrogen) atoms. The molecule has 0 radical (unpaired) electrons. The third-order valence-electron chi connectivity index (χ3n) is 9.41. The first-order chi connectivity index (χ1) is 15.0. The van der Waals surface area contributed by atoms with Gasteiger partial charge >= 0.3 is 11.9 Å². The molecule has 0 saturated heterocycles. The Labute approximate surface area is 187 Å². The van der Waals surface area contributed by atoms with Gasteiger partial charge in [0.25, 0.3) is 0 Å². The molecule has 7 saturated carbocycles. The summed E-state index contributed by atoms with van der Waals surface area (Å²) in [6, 6.07) is 1.96. The van der Waals surface area contributed by atoms with Crippen molar-refractivity contribution >= 4 is 28.8 Å². The molecule has 0 aromatic carbocycles. The van der Waals surface area contributed by atoms with E-state index in [1.54, 1.807) is 18.3 Å². The zero-order chi connectivity index (χ0) is 21.4. The van der Waals surface area contributed by atoms with Crippen LogP contribution in [0.25, 0.3) is 5.57 Å². The summed E-state index contributed by atoms with van der Waals surface area (Å²) < 4.78 is 5.42. The van der Waals surface area contributed by atoms with Gasteiger partial charge in [-0.3, -0.25) is 0 Å². The smallest absolute Gasteiger partial charge is 0.339 e. The summed E-state index contributed by atoms with van der Waals surface area (Å²) in [5, 5.41) is 14.5. The van der Waals surface area contributed by atoms with Crippen LogP contribution in [0.1, 0.15) is 51.5 Å². The van der Waals surface area contributed by atoms with Crippen LogP contribution < -0.4 is 0 Å². The molecule has 8 rings (SSSR count). The summed E-state index contributed by atoms with van der Waals surface area (Å²) >= 11 is 1.56. The highest BCUT2D eigenvalue weighted by Crippen LogP contribution is 2.73. The van der Waals surface area contributed by atoms with E-state index >= 15 is 0 Å². The van der Waals surface area contributed by atoms with E-state index in [0.717, 1.165) is 53.2 Å². The third kappa shape index (κ3) is 2.71. The van der Waals surface area contributed by atoms with Crippen LogP contribution in [-0.4, -0.2) is 23.7 Å². The molecule has 4 nitrogen and oxygen atoms in total. The van der Waals surface area contributed by atoms with Crippen molar-refractivity contribution in [3.05, 3.63) is 39.1 Å². The molecular formula is C26H30O4S. The summed E-state index contributed by atoms with van der Waals surface area (Å²) in [4.78, 5) is 26.0. The van der Waals surface area contributed by atoms with Crippen LogP contribution in [0.2, 0.25) is 0 Å². The Morgan fingerprint density at radius 1 is 1.06 bits per heavy atom. The first-order valence-corrected chi connectivity index (χ1v) is 12.8. The molecule has 4 atom stereocenters. The SMILES string of the molecule is CCOC(=O)C(/C(C(=O)O)=C1/C2CC3C4CC5CC3C1C(C5)C4C2)=C(\C)c1ccsc1. The molecule has 7 fully saturated rings. The van der Waals surface area contributed by atoms with E-state index in [9.17, 15) is 14.7 Å². The molecule has 1 heterocycles. The number of hydrogen-bond acceptors (Lipinski definition) is 4. The second kappa shape index (κ2) is 7.06. The van der Waals surface area contributed by atoms with Crippen molar-refractivity contribution in [3.63, 3.8) is 0 Å². The number of aliphatic carboxylic acids is 1. The average Bonchev–Trinajstić information content (AvgIpc) is 3.29. The van der Waals surface area contributed by atoms with Crippen LogP contribution in [0.4, 0.5) is 0 Å². The molecule has 0 amide bonds. The highest BCUT2D eigenvalue weighted by molar-refractivity contribution is 7.08. The number of carboxylic acids is 1. The number of allylic oxidation sites excluding steroid dienone is 2. The Kier molecular flexibility index (Phi) is 4.51. The summed E-state index contributed by atoms with van der Waals surface area (Å²) in [5.74, 6) is 3.81. The molecular weight excluding hydrogens is 408 g/mol. The van der Waals surface area contributed by atoms with Crippen molar-refractivity contribution in [3.8, 4) is 0 Å². The summed E-state index contributed by atoms with van der Waals surface area (Å²) in [6.07, 6.45) is 6.20. The quantitative estimate of drug-likeness (QED) is 0.493. The van der Waals surface area contributed by atoms with Gasteiger partial charge in [0.05, 0.1) is 17.8 Å². The summed E-state index contributed by atoms with van der Waals surface area (Å²) in [7, 11) is 0. The Balaban J connectivity index is 1.55. The Bertz CT molecular complexity index is 979. The lowest BCUT2D eigenvalue weighted by atomic mass is 9.34. The van der Waals surface area contributed by atoms with Gasteiger partial charge < -0.3 is 9.84 Å². The van der Waals surface area contributed by atoms with Crippen LogP contribution in [-0.2, 0) is 14.3 Å². The fraction of sp³-hybridized carbons (Fsp3) is 0.615. The van der Waals surface area contributed by atoms with Crippen LogP contribution in [0.15, 0.2) is 33.5 Å². The lowest BCUT2D eigenvalue weighted by Crippen LogP contribution is -2.63. The summed E-state index contributed by atoms with van der Waals surface area (Å²) in [5.41, 5.74) is 3.32. The number of ether oxygens (including phenoxy) is 1. The van der Waals surface area contributed by atoms with Crippen molar-refractivity contribution in [2.45, 2.75) is 46.0 Å². The molecule has 164 valence electrons. The van der Waals surface area contributed by atoms with Gasteiger partial charge in [-0.05, 0) is 127 Å². The van der Waals surface area contributed by atoms with Crippen LogP contribution in [0.5, 0.6) is 0 Å². The maximum absolute atomic E-state index is 13.2. The second-order valence-electron chi connectivity index (χ2n) is 10.5. The fourth-order valence-electron chi connectivity index (χ4n) is 8.69. The van der Waals surface area contributed by atoms with E-state index in [2.05, 4.69) is 0 Å². The number of carbonyl (C=O) groups is 2. The maximum Gasteiger partial charge on any atom is 0.339 e. The van der Waals surface area contributed by atoms with Gasteiger partial charge in [-0.2, -0.15) is 11.3 Å². The molecule has 8 bridgehead atoms. The lowest BCUT2D eigenvalue weighted by molar-refractivity contribution is -0.177. The summed E-state index contributed by atoms with van der Waals surface area (Å²) in [6.45, 7) is 3.90. The number of hydrogen-bond donors (Lipinski definition) is 1. The third-order valence-corrected chi connectivity index (χ3v) is 10.1. The van der Waals surface area contributed by atoms with Crippen LogP contribution >= 0.6 is 11.3 Å². The van der Waals surface area contributed by atoms with Crippen molar-refractivity contribution in [1.82, 2.24) is 0 Å². The minimum atomic E-state index is -0.955. The first-order valence-electron chi connectivity index (χ1n) is 11.9. The van der Waals surface area contributed by atoms with Gasteiger partial charge in [0.2, 0.25) is 0 Å². The number of esters is 1. The number of carbonyl (C=O) groups excluding carboxylic acids is 1. The Morgan fingerprint density at radius 2 is 1.71 bits per heavy atom. The molecule has 0 aliphatic heterocycles. The molecule has 1 aromatic heterocycles. The Hall–Kier alpha value is -1.88.